The van der Waals surface area contributed by atoms with E-state index in [4.69, 9.17) is 4.42 Å². The van der Waals surface area contributed by atoms with Gasteiger partial charge in [0, 0.05) is 49.6 Å². The van der Waals surface area contributed by atoms with E-state index in [9.17, 15) is 0 Å². The number of fused-ring (bicyclic) bond motifs is 6. The third-order valence-corrected chi connectivity index (χ3v) is 12.4. The van der Waals surface area contributed by atoms with Crippen LogP contribution in [-0.4, -0.2) is 4.57 Å². The molecular formula is C60H40N2O. The summed E-state index contributed by atoms with van der Waals surface area (Å²) in [6, 6.07) is 87.2. The molecule has 0 bridgehead atoms. The number of hydrogen-bond donors (Lipinski definition) is 0. The molecule has 2 heterocycles. The molecule has 3 nitrogen and oxygen atoms in total. The predicted molar refractivity (Wildman–Crippen MR) is 264 cm³/mol. The first-order chi connectivity index (χ1) is 31.3. The van der Waals surface area contributed by atoms with Crippen molar-refractivity contribution >= 4 is 60.8 Å². The van der Waals surface area contributed by atoms with Gasteiger partial charge in [0.1, 0.15) is 11.2 Å². The molecule has 10 aromatic carbocycles. The molecule has 0 saturated carbocycles. The van der Waals surface area contributed by atoms with E-state index in [1.807, 2.05) is 6.07 Å². The maximum absolute atomic E-state index is 6.72. The third kappa shape index (κ3) is 6.21. The van der Waals surface area contributed by atoms with E-state index in [0.717, 1.165) is 78.0 Å². The van der Waals surface area contributed by atoms with E-state index >= 15 is 0 Å². The van der Waals surface area contributed by atoms with Crippen molar-refractivity contribution in [2.75, 3.05) is 4.90 Å². The van der Waals surface area contributed by atoms with Crippen molar-refractivity contribution in [1.29, 1.82) is 0 Å². The van der Waals surface area contributed by atoms with Crippen LogP contribution in [0.5, 0.6) is 0 Å². The number of furan rings is 1. The van der Waals surface area contributed by atoms with Gasteiger partial charge in [0.05, 0.1) is 22.4 Å². The minimum Gasteiger partial charge on any atom is -0.455 e. The second kappa shape index (κ2) is 15.3. The largest absolute Gasteiger partial charge is 0.455 e. The molecule has 0 saturated heterocycles. The molecule has 0 amide bonds. The van der Waals surface area contributed by atoms with Crippen LogP contribution in [0.2, 0.25) is 0 Å². The zero-order chi connectivity index (χ0) is 41.7. The quantitative estimate of drug-likeness (QED) is 0.153. The fourth-order valence-electron chi connectivity index (χ4n) is 9.57. The number of nitrogens with zero attached hydrogens (tertiary/aromatic N) is 2. The first-order valence-electron chi connectivity index (χ1n) is 21.5. The van der Waals surface area contributed by atoms with Crippen molar-refractivity contribution in [2.24, 2.45) is 0 Å². The van der Waals surface area contributed by atoms with Crippen LogP contribution in [-0.2, 0) is 0 Å². The second-order valence-corrected chi connectivity index (χ2v) is 16.0. The zero-order valence-corrected chi connectivity index (χ0v) is 34.4. The Balaban J connectivity index is 1.15. The molecule has 0 N–H and O–H groups in total. The van der Waals surface area contributed by atoms with Gasteiger partial charge in [-0.05, 0) is 82.4 Å². The van der Waals surface area contributed by atoms with Gasteiger partial charge in [0.15, 0.2) is 0 Å². The fraction of sp³-hybridized carbons (Fsp3) is 0. The average Bonchev–Trinajstić information content (AvgIpc) is 3.91. The number of anilines is 3. The Morgan fingerprint density at radius 3 is 1.65 bits per heavy atom. The van der Waals surface area contributed by atoms with Crippen LogP contribution in [0.25, 0.3) is 93.9 Å². The highest BCUT2D eigenvalue weighted by molar-refractivity contribution is 6.13. The van der Waals surface area contributed by atoms with Gasteiger partial charge >= 0.3 is 0 Å². The van der Waals surface area contributed by atoms with Crippen LogP contribution in [0.1, 0.15) is 0 Å². The van der Waals surface area contributed by atoms with Gasteiger partial charge in [-0.3, -0.25) is 0 Å². The van der Waals surface area contributed by atoms with Crippen molar-refractivity contribution in [3.63, 3.8) is 0 Å². The highest BCUT2D eigenvalue weighted by Crippen LogP contribution is 2.49. The first-order valence-corrected chi connectivity index (χ1v) is 21.5. The summed E-state index contributed by atoms with van der Waals surface area (Å²) in [4.78, 5) is 2.46. The fourth-order valence-corrected chi connectivity index (χ4v) is 9.57. The number of aromatic nitrogens is 1. The molecule has 0 atom stereocenters. The van der Waals surface area contributed by atoms with Crippen LogP contribution in [0.4, 0.5) is 17.1 Å². The molecular weight excluding hydrogens is 765 g/mol. The molecule has 0 radical (unpaired) electrons. The van der Waals surface area contributed by atoms with Gasteiger partial charge in [-0.15, -0.1) is 0 Å². The zero-order valence-electron chi connectivity index (χ0n) is 34.4. The van der Waals surface area contributed by atoms with Crippen LogP contribution in [0, 0.1) is 0 Å². The van der Waals surface area contributed by atoms with Crippen LogP contribution < -0.4 is 4.90 Å². The SMILES string of the molecule is c1ccc(-c2ccccc2-c2ccc(N(c3ccc4c5ccccc5n(-c5ccccc5)c4c3)c3ccccc3-c3cccc4c3oc3ccccc34)c(-c3ccccc3)c2)cc1. The molecule has 0 aliphatic heterocycles. The van der Waals surface area contributed by atoms with Crippen LogP contribution in [0.3, 0.4) is 0 Å². The second-order valence-electron chi connectivity index (χ2n) is 16.0. The van der Waals surface area contributed by atoms with E-state index in [1.165, 1.54) is 33.0 Å². The van der Waals surface area contributed by atoms with Crippen LogP contribution >= 0.6 is 0 Å². The molecule has 3 heteroatoms. The molecule has 12 rings (SSSR count). The molecule has 0 unspecified atom stereocenters. The monoisotopic (exact) mass is 804 g/mol. The summed E-state index contributed by atoms with van der Waals surface area (Å²) in [6.07, 6.45) is 0. The average molecular weight is 805 g/mol. The lowest BCUT2D eigenvalue weighted by Crippen LogP contribution is -2.13. The number of para-hydroxylation sites is 5. The predicted octanol–water partition coefficient (Wildman–Crippen LogP) is 16.8. The molecule has 0 aliphatic carbocycles. The maximum Gasteiger partial charge on any atom is 0.143 e. The summed E-state index contributed by atoms with van der Waals surface area (Å²) in [6.45, 7) is 0. The van der Waals surface area contributed by atoms with Gasteiger partial charge in [-0.1, -0.05) is 188 Å². The van der Waals surface area contributed by atoms with E-state index in [0.29, 0.717) is 0 Å². The summed E-state index contributed by atoms with van der Waals surface area (Å²) in [5.74, 6) is 0. The standard InChI is InChI=1S/C60H40N2O/c1-4-19-41(20-5-1)46-25-10-11-26-47(46)43-35-38-57(54(39-43)42-21-6-2-7-22-42)62(45-36-37-50-48-27-12-15-32-55(48)61(58(50)40-45)44-23-8-3-9-24-44)56-33-16-13-28-49(56)52-30-18-31-53-51-29-14-17-34-59(51)63-60(52)53/h1-40H. The van der Waals surface area contributed by atoms with Crippen molar-refractivity contribution in [3.8, 4) is 50.2 Å². The summed E-state index contributed by atoms with van der Waals surface area (Å²) in [5.41, 5.74) is 17.4. The Kier molecular flexibility index (Phi) is 8.83. The van der Waals surface area contributed by atoms with Crippen molar-refractivity contribution in [3.05, 3.63) is 243 Å². The normalized spacial score (nSPS) is 11.5. The Labute approximate surface area is 366 Å². The maximum atomic E-state index is 6.72. The topological polar surface area (TPSA) is 21.3 Å². The molecule has 0 fully saturated rings. The minimum atomic E-state index is 0.877. The van der Waals surface area contributed by atoms with E-state index < -0.39 is 0 Å². The lowest BCUT2D eigenvalue weighted by molar-refractivity contribution is 0.670. The Morgan fingerprint density at radius 2 is 0.873 bits per heavy atom. The van der Waals surface area contributed by atoms with E-state index in [1.54, 1.807) is 0 Å². The Morgan fingerprint density at radius 1 is 0.317 bits per heavy atom. The van der Waals surface area contributed by atoms with Crippen LogP contribution in [0.15, 0.2) is 247 Å². The molecule has 0 aliphatic rings. The molecule has 296 valence electrons. The highest BCUT2D eigenvalue weighted by Gasteiger charge is 2.25. The van der Waals surface area contributed by atoms with Crippen molar-refractivity contribution < 1.29 is 4.42 Å². The smallest absolute Gasteiger partial charge is 0.143 e. The highest BCUT2D eigenvalue weighted by atomic mass is 16.3. The lowest BCUT2D eigenvalue weighted by atomic mass is 9.91. The third-order valence-electron chi connectivity index (χ3n) is 12.4. The number of benzene rings is 10. The molecule has 63 heavy (non-hydrogen) atoms. The minimum absolute atomic E-state index is 0.877. The lowest BCUT2D eigenvalue weighted by Gasteiger charge is -2.30. The summed E-state index contributed by atoms with van der Waals surface area (Å²) in [5, 5.41) is 4.64. The van der Waals surface area contributed by atoms with Gasteiger partial charge in [-0.25, -0.2) is 0 Å². The number of hydrogen-bond acceptors (Lipinski definition) is 2. The number of rotatable bonds is 8. The summed E-state index contributed by atoms with van der Waals surface area (Å²) < 4.78 is 9.12. The molecule has 0 spiro atoms. The Hall–Kier alpha value is -8.40. The molecule has 12 aromatic rings. The molecule has 2 aromatic heterocycles. The summed E-state index contributed by atoms with van der Waals surface area (Å²) >= 11 is 0. The first kappa shape index (κ1) is 36.5. The van der Waals surface area contributed by atoms with Gasteiger partial charge in [0.2, 0.25) is 0 Å². The summed E-state index contributed by atoms with van der Waals surface area (Å²) in [7, 11) is 0. The Bertz CT molecular complexity index is 3620. The van der Waals surface area contributed by atoms with Crippen molar-refractivity contribution in [2.45, 2.75) is 0 Å². The van der Waals surface area contributed by atoms with E-state index in [2.05, 4.69) is 246 Å². The van der Waals surface area contributed by atoms with Gasteiger partial charge in [-0.2, -0.15) is 0 Å². The van der Waals surface area contributed by atoms with Crippen molar-refractivity contribution in [1.82, 2.24) is 4.57 Å². The van der Waals surface area contributed by atoms with Gasteiger partial charge < -0.3 is 13.9 Å². The van der Waals surface area contributed by atoms with Gasteiger partial charge in [0.25, 0.3) is 0 Å². The van der Waals surface area contributed by atoms with E-state index in [-0.39, 0.29) is 0 Å².